The molecule has 29 heavy (non-hydrogen) atoms. The molecule has 3 aromatic carbocycles. The first-order valence-electron chi connectivity index (χ1n) is 9.28. The van der Waals surface area contributed by atoms with Crippen LogP contribution in [0.15, 0.2) is 78.0 Å². The molecule has 146 valence electrons. The Labute approximate surface area is 174 Å². The number of hydrogen-bond acceptors (Lipinski definition) is 3. The zero-order chi connectivity index (χ0) is 20.4. The fraction of sp³-hybridized carbons (Fsp3) is 0.130. The maximum atomic E-state index is 13.2. The fourth-order valence-electron chi connectivity index (χ4n) is 3.60. The molecule has 0 aromatic heterocycles. The molecule has 0 saturated heterocycles. The maximum absolute atomic E-state index is 13.2. The number of nitrogens with one attached hydrogen (secondary N) is 3. The van der Waals surface area contributed by atoms with E-state index in [0.29, 0.717) is 16.4 Å². The molecule has 1 atom stereocenters. The number of benzene rings is 3. The summed E-state index contributed by atoms with van der Waals surface area (Å²) in [4.78, 5) is 13.2. The fourth-order valence-corrected chi connectivity index (χ4v) is 3.87. The van der Waals surface area contributed by atoms with E-state index in [4.69, 9.17) is 17.0 Å². The van der Waals surface area contributed by atoms with Gasteiger partial charge in [0.05, 0.1) is 18.7 Å². The highest BCUT2D eigenvalue weighted by Crippen LogP contribution is 2.32. The van der Waals surface area contributed by atoms with E-state index < -0.39 is 0 Å². The van der Waals surface area contributed by atoms with Gasteiger partial charge in [-0.05, 0) is 59.7 Å². The van der Waals surface area contributed by atoms with Crippen molar-refractivity contribution < 1.29 is 9.53 Å². The largest absolute Gasteiger partial charge is 0.497 e. The van der Waals surface area contributed by atoms with Crippen LogP contribution in [0.1, 0.15) is 18.5 Å². The van der Waals surface area contributed by atoms with Crippen molar-refractivity contribution >= 4 is 39.7 Å². The number of fused-ring (bicyclic) bond motifs is 1. The first-order valence-corrected chi connectivity index (χ1v) is 9.69. The molecule has 1 amide bonds. The van der Waals surface area contributed by atoms with Gasteiger partial charge in [0.15, 0.2) is 5.11 Å². The number of methoxy groups -OCH3 is 1. The van der Waals surface area contributed by atoms with Crippen LogP contribution >= 0.6 is 12.2 Å². The topological polar surface area (TPSA) is 62.4 Å². The van der Waals surface area contributed by atoms with E-state index in [9.17, 15) is 4.79 Å². The van der Waals surface area contributed by atoms with E-state index in [1.54, 1.807) is 7.11 Å². The van der Waals surface area contributed by atoms with Crippen LogP contribution in [0.25, 0.3) is 10.8 Å². The van der Waals surface area contributed by atoms with Gasteiger partial charge < -0.3 is 20.7 Å². The lowest BCUT2D eigenvalue weighted by molar-refractivity contribution is -0.113. The monoisotopic (exact) mass is 403 g/mol. The summed E-state index contributed by atoms with van der Waals surface area (Å²) in [7, 11) is 1.61. The van der Waals surface area contributed by atoms with Crippen LogP contribution in [-0.4, -0.2) is 18.1 Å². The lowest BCUT2D eigenvalue weighted by Gasteiger charge is -2.31. The average molecular weight is 404 g/mol. The molecule has 1 aliphatic rings. The minimum absolute atomic E-state index is 0.187. The van der Waals surface area contributed by atoms with E-state index in [2.05, 4.69) is 34.1 Å². The number of ether oxygens (including phenoxy) is 1. The standard InChI is InChI=1S/C23H21N3O2S/c1-14-20(22(27)25-16-10-12-17(28-2)13-11-16)21(26-23(29)24-14)19-9-5-7-15-6-3-4-8-18(15)19/h3-13,21H,1-2H3,(H,25,27)(H2,24,26,29). The van der Waals surface area contributed by atoms with Crippen LogP contribution in [0.4, 0.5) is 5.69 Å². The molecule has 0 aliphatic carbocycles. The highest BCUT2D eigenvalue weighted by atomic mass is 32.1. The molecular formula is C23H21N3O2S. The third kappa shape index (κ3) is 3.79. The molecule has 4 rings (SSSR count). The Kier molecular flexibility index (Phi) is 5.18. The molecule has 0 saturated carbocycles. The third-order valence-electron chi connectivity index (χ3n) is 5.00. The first kappa shape index (κ1) is 19.0. The van der Waals surface area contributed by atoms with Crippen LogP contribution in [0.5, 0.6) is 5.75 Å². The highest BCUT2D eigenvalue weighted by Gasteiger charge is 2.30. The summed E-state index contributed by atoms with van der Waals surface area (Å²) in [6.45, 7) is 1.87. The number of hydrogen-bond donors (Lipinski definition) is 3. The Balaban J connectivity index is 1.73. The summed E-state index contributed by atoms with van der Waals surface area (Å²) in [6.07, 6.45) is 0. The highest BCUT2D eigenvalue weighted by molar-refractivity contribution is 7.80. The van der Waals surface area contributed by atoms with Gasteiger partial charge in [0.2, 0.25) is 0 Å². The van der Waals surface area contributed by atoms with Gasteiger partial charge in [-0.3, -0.25) is 4.79 Å². The molecule has 0 fully saturated rings. The number of rotatable bonds is 4. The van der Waals surface area contributed by atoms with E-state index in [0.717, 1.165) is 27.8 Å². The Morgan fingerprint density at radius 2 is 1.76 bits per heavy atom. The van der Waals surface area contributed by atoms with E-state index >= 15 is 0 Å². The Morgan fingerprint density at radius 1 is 1.03 bits per heavy atom. The molecule has 1 aliphatic heterocycles. The summed E-state index contributed by atoms with van der Waals surface area (Å²) in [5.74, 6) is 0.548. The van der Waals surface area contributed by atoms with Crippen molar-refractivity contribution in [2.75, 3.05) is 12.4 Å². The van der Waals surface area contributed by atoms with Gasteiger partial charge >= 0.3 is 0 Å². The molecule has 1 heterocycles. The maximum Gasteiger partial charge on any atom is 0.255 e. The van der Waals surface area contributed by atoms with Gasteiger partial charge in [0, 0.05) is 11.4 Å². The minimum Gasteiger partial charge on any atom is -0.497 e. The van der Waals surface area contributed by atoms with E-state index in [1.807, 2.05) is 55.5 Å². The molecule has 6 heteroatoms. The summed E-state index contributed by atoms with van der Waals surface area (Å²) >= 11 is 5.38. The van der Waals surface area contributed by atoms with Crippen molar-refractivity contribution in [2.24, 2.45) is 0 Å². The number of allylic oxidation sites excluding steroid dienone is 1. The first-order chi connectivity index (χ1) is 14.1. The molecule has 1 unspecified atom stereocenters. The molecular weight excluding hydrogens is 382 g/mol. The predicted octanol–water partition coefficient (Wildman–Crippen LogP) is 4.28. The number of thiocarbonyl (C=S) groups is 1. The quantitative estimate of drug-likeness (QED) is 0.568. The van der Waals surface area contributed by atoms with Crippen molar-refractivity contribution in [3.8, 4) is 5.75 Å². The van der Waals surface area contributed by atoms with Crippen LogP contribution in [-0.2, 0) is 4.79 Å². The summed E-state index contributed by atoms with van der Waals surface area (Å²) in [5.41, 5.74) is 3.04. The Bertz CT molecular complexity index is 1120. The lowest BCUT2D eigenvalue weighted by Crippen LogP contribution is -2.45. The van der Waals surface area contributed by atoms with Crippen LogP contribution < -0.4 is 20.7 Å². The predicted molar refractivity (Wildman–Crippen MR) is 120 cm³/mol. The molecule has 0 radical (unpaired) electrons. The normalized spacial score (nSPS) is 16.2. The number of carbonyl (C=O) groups is 1. The van der Waals surface area contributed by atoms with Crippen molar-refractivity contribution in [1.82, 2.24) is 10.6 Å². The minimum atomic E-state index is -0.354. The van der Waals surface area contributed by atoms with Gasteiger partial charge in [-0.1, -0.05) is 42.5 Å². The van der Waals surface area contributed by atoms with Gasteiger partial charge in [-0.25, -0.2) is 0 Å². The Morgan fingerprint density at radius 3 is 2.52 bits per heavy atom. The second-order valence-electron chi connectivity index (χ2n) is 6.82. The van der Waals surface area contributed by atoms with Gasteiger partial charge in [-0.15, -0.1) is 0 Å². The zero-order valence-electron chi connectivity index (χ0n) is 16.2. The molecule has 0 bridgehead atoms. The smallest absolute Gasteiger partial charge is 0.255 e. The van der Waals surface area contributed by atoms with Crippen molar-refractivity contribution in [1.29, 1.82) is 0 Å². The second-order valence-corrected chi connectivity index (χ2v) is 7.23. The van der Waals surface area contributed by atoms with Crippen molar-refractivity contribution in [3.05, 3.63) is 83.6 Å². The molecule has 3 aromatic rings. The molecule has 0 spiro atoms. The third-order valence-corrected chi connectivity index (χ3v) is 5.22. The molecule has 3 N–H and O–H groups in total. The van der Waals surface area contributed by atoms with Crippen LogP contribution in [0, 0.1) is 0 Å². The van der Waals surface area contributed by atoms with E-state index in [1.165, 1.54) is 0 Å². The van der Waals surface area contributed by atoms with Gasteiger partial charge in [0.1, 0.15) is 5.75 Å². The Hall–Kier alpha value is -3.38. The van der Waals surface area contributed by atoms with Gasteiger partial charge in [-0.2, -0.15) is 0 Å². The molecule has 5 nitrogen and oxygen atoms in total. The zero-order valence-corrected chi connectivity index (χ0v) is 17.0. The average Bonchev–Trinajstić information content (AvgIpc) is 2.73. The second kappa shape index (κ2) is 7.93. The van der Waals surface area contributed by atoms with Crippen LogP contribution in [0.3, 0.4) is 0 Å². The number of carbonyl (C=O) groups excluding carboxylic acids is 1. The van der Waals surface area contributed by atoms with Crippen LogP contribution in [0.2, 0.25) is 0 Å². The summed E-state index contributed by atoms with van der Waals surface area (Å²) < 4.78 is 5.18. The summed E-state index contributed by atoms with van der Waals surface area (Å²) in [6, 6.07) is 21.1. The summed E-state index contributed by atoms with van der Waals surface area (Å²) in [5, 5.41) is 12.0. The lowest BCUT2D eigenvalue weighted by atomic mass is 9.91. The van der Waals surface area contributed by atoms with Crippen molar-refractivity contribution in [2.45, 2.75) is 13.0 Å². The van der Waals surface area contributed by atoms with E-state index in [-0.39, 0.29) is 11.9 Å². The number of amides is 1. The van der Waals surface area contributed by atoms with Crippen molar-refractivity contribution in [3.63, 3.8) is 0 Å². The number of anilines is 1. The van der Waals surface area contributed by atoms with Gasteiger partial charge in [0.25, 0.3) is 5.91 Å². The SMILES string of the molecule is COc1ccc(NC(=O)C2=C(C)NC(=S)NC2c2cccc3ccccc23)cc1.